The molecule has 0 aliphatic rings. The zero-order valence-electron chi connectivity index (χ0n) is 19.2. The van der Waals surface area contributed by atoms with E-state index in [1.54, 1.807) is 13.1 Å². The number of carbonyl (C=O) groups is 1. The SMILES string of the molecule is CCOC(=O)CC(Cc1cc(O)n(C)n1)c1cc(C(C)(C)C)cc(C(C)(C)C)c1. The fourth-order valence-corrected chi connectivity index (χ4v) is 3.35. The maximum atomic E-state index is 12.4. The summed E-state index contributed by atoms with van der Waals surface area (Å²) in [4.78, 5) is 12.4. The summed E-state index contributed by atoms with van der Waals surface area (Å²) >= 11 is 0. The molecule has 1 unspecified atom stereocenters. The standard InChI is InChI=1S/C24H36N2O3/c1-9-29-22(28)13-17(12-20-15-21(27)26(8)25-20)16-10-18(23(2,3)4)14-19(11-16)24(5,6)7/h10-11,14-15,17,27H,9,12-13H2,1-8H3. The molecule has 0 saturated heterocycles. The van der Waals surface area contributed by atoms with E-state index in [0.29, 0.717) is 13.0 Å². The third kappa shape index (κ3) is 6.09. The third-order valence-corrected chi connectivity index (χ3v) is 5.24. The van der Waals surface area contributed by atoms with Crippen molar-refractivity contribution in [2.45, 2.75) is 78.1 Å². The van der Waals surface area contributed by atoms with Gasteiger partial charge in [0.1, 0.15) is 0 Å². The summed E-state index contributed by atoms with van der Waals surface area (Å²) in [5.41, 5.74) is 4.36. The largest absolute Gasteiger partial charge is 0.493 e. The van der Waals surface area contributed by atoms with E-state index in [9.17, 15) is 9.90 Å². The maximum absolute atomic E-state index is 12.4. The molecular formula is C24H36N2O3. The molecule has 1 aromatic heterocycles. The van der Waals surface area contributed by atoms with Gasteiger partial charge in [-0.3, -0.25) is 4.79 Å². The van der Waals surface area contributed by atoms with Crippen molar-refractivity contribution in [3.63, 3.8) is 0 Å². The van der Waals surface area contributed by atoms with E-state index in [-0.39, 0.29) is 35.0 Å². The first kappa shape index (κ1) is 23.0. The molecule has 2 aromatic rings. The van der Waals surface area contributed by atoms with E-state index in [1.807, 2.05) is 6.92 Å². The van der Waals surface area contributed by atoms with Crippen molar-refractivity contribution >= 4 is 5.97 Å². The summed E-state index contributed by atoms with van der Waals surface area (Å²) in [6.45, 7) is 15.4. The highest BCUT2D eigenvalue weighted by atomic mass is 16.5. The number of rotatable bonds is 6. The van der Waals surface area contributed by atoms with Gasteiger partial charge in [-0.25, -0.2) is 4.68 Å². The lowest BCUT2D eigenvalue weighted by Crippen LogP contribution is -2.19. The van der Waals surface area contributed by atoms with Gasteiger partial charge in [0.15, 0.2) is 0 Å². The van der Waals surface area contributed by atoms with Crippen LogP contribution in [-0.2, 0) is 33.8 Å². The average Bonchev–Trinajstić information content (AvgIpc) is 2.90. The molecule has 1 heterocycles. The minimum Gasteiger partial charge on any atom is -0.493 e. The molecule has 2 rings (SSSR count). The first-order chi connectivity index (χ1) is 13.3. The van der Waals surface area contributed by atoms with Crippen LogP contribution in [0.1, 0.15) is 83.2 Å². The monoisotopic (exact) mass is 400 g/mol. The number of nitrogens with zero attached hydrogens (tertiary/aromatic N) is 2. The van der Waals surface area contributed by atoms with Crippen molar-refractivity contribution in [1.82, 2.24) is 9.78 Å². The van der Waals surface area contributed by atoms with Crippen LogP contribution in [0.15, 0.2) is 24.3 Å². The average molecular weight is 401 g/mol. The van der Waals surface area contributed by atoms with Crippen LogP contribution in [0.4, 0.5) is 0 Å². The molecule has 0 aliphatic carbocycles. The Morgan fingerprint density at radius 3 is 2.03 bits per heavy atom. The Kier molecular flexibility index (Phi) is 6.82. The second kappa shape index (κ2) is 8.60. The molecule has 1 N–H and O–H groups in total. The third-order valence-electron chi connectivity index (χ3n) is 5.24. The van der Waals surface area contributed by atoms with Crippen molar-refractivity contribution in [3.8, 4) is 5.88 Å². The summed E-state index contributed by atoms with van der Waals surface area (Å²) in [5.74, 6) is -0.170. The number of aromatic hydroxyl groups is 1. The van der Waals surface area contributed by atoms with Crippen LogP contribution >= 0.6 is 0 Å². The fraction of sp³-hybridized carbons (Fsp3) is 0.583. The minimum atomic E-state index is -0.212. The number of esters is 1. The van der Waals surface area contributed by atoms with E-state index >= 15 is 0 Å². The van der Waals surface area contributed by atoms with Crippen LogP contribution in [0.3, 0.4) is 0 Å². The lowest BCUT2D eigenvalue weighted by Gasteiger charge is -2.28. The Bertz CT molecular complexity index is 802. The topological polar surface area (TPSA) is 64.3 Å². The summed E-state index contributed by atoms with van der Waals surface area (Å²) in [7, 11) is 1.71. The molecule has 0 radical (unpaired) electrons. The minimum absolute atomic E-state index is 0.00620. The molecule has 0 fully saturated rings. The molecule has 29 heavy (non-hydrogen) atoms. The van der Waals surface area contributed by atoms with E-state index < -0.39 is 0 Å². The number of hydrogen-bond acceptors (Lipinski definition) is 4. The highest BCUT2D eigenvalue weighted by Gasteiger charge is 2.25. The maximum Gasteiger partial charge on any atom is 0.306 e. The lowest BCUT2D eigenvalue weighted by atomic mass is 9.77. The van der Waals surface area contributed by atoms with Gasteiger partial charge in [-0.2, -0.15) is 5.10 Å². The van der Waals surface area contributed by atoms with Crippen molar-refractivity contribution in [1.29, 1.82) is 0 Å². The van der Waals surface area contributed by atoms with E-state index in [4.69, 9.17) is 4.74 Å². The predicted octanol–water partition coefficient (Wildman–Crippen LogP) is 5.00. The van der Waals surface area contributed by atoms with Crippen molar-refractivity contribution in [2.75, 3.05) is 6.61 Å². The molecular weight excluding hydrogens is 364 g/mol. The predicted molar refractivity (Wildman–Crippen MR) is 116 cm³/mol. The zero-order valence-corrected chi connectivity index (χ0v) is 19.2. The number of aromatic nitrogens is 2. The molecule has 0 aliphatic heterocycles. The second-order valence-corrected chi connectivity index (χ2v) is 9.87. The van der Waals surface area contributed by atoms with Crippen molar-refractivity contribution in [2.24, 2.45) is 7.05 Å². The number of ether oxygens (including phenoxy) is 1. The molecule has 0 saturated carbocycles. The van der Waals surface area contributed by atoms with Crippen LogP contribution in [-0.4, -0.2) is 27.5 Å². The van der Waals surface area contributed by atoms with Crippen molar-refractivity contribution in [3.05, 3.63) is 46.6 Å². The van der Waals surface area contributed by atoms with Gasteiger partial charge < -0.3 is 9.84 Å². The van der Waals surface area contributed by atoms with Crippen LogP contribution in [0, 0.1) is 0 Å². The van der Waals surface area contributed by atoms with E-state index in [2.05, 4.69) is 64.8 Å². The van der Waals surface area contributed by atoms with E-state index in [1.165, 1.54) is 15.8 Å². The second-order valence-electron chi connectivity index (χ2n) is 9.87. The Morgan fingerprint density at radius 2 is 1.62 bits per heavy atom. The zero-order chi connectivity index (χ0) is 22.0. The van der Waals surface area contributed by atoms with Crippen LogP contribution in [0.5, 0.6) is 5.88 Å². The van der Waals surface area contributed by atoms with Gasteiger partial charge in [0.05, 0.1) is 18.7 Å². The Balaban J connectivity index is 2.53. The normalized spacial score (nSPS) is 13.4. The van der Waals surface area contributed by atoms with Gasteiger partial charge >= 0.3 is 5.97 Å². The van der Waals surface area contributed by atoms with Gasteiger partial charge in [0.25, 0.3) is 0 Å². The first-order valence-electron chi connectivity index (χ1n) is 10.3. The molecule has 0 bridgehead atoms. The Morgan fingerprint density at radius 1 is 1.07 bits per heavy atom. The molecule has 1 atom stereocenters. The van der Waals surface area contributed by atoms with Crippen molar-refractivity contribution < 1.29 is 14.6 Å². The molecule has 0 spiro atoms. The van der Waals surface area contributed by atoms with Gasteiger partial charge in [0.2, 0.25) is 5.88 Å². The smallest absolute Gasteiger partial charge is 0.306 e. The molecule has 1 aromatic carbocycles. The number of aryl methyl sites for hydroxylation is 1. The quantitative estimate of drug-likeness (QED) is 0.693. The van der Waals surface area contributed by atoms with Crippen LogP contribution in [0.25, 0.3) is 0 Å². The van der Waals surface area contributed by atoms with Gasteiger partial charge in [-0.1, -0.05) is 59.7 Å². The van der Waals surface area contributed by atoms with E-state index in [0.717, 1.165) is 11.3 Å². The Hall–Kier alpha value is -2.30. The number of benzene rings is 1. The van der Waals surface area contributed by atoms with Gasteiger partial charge in [-0.15, -0.1) is 0 Å². The molecule has 0 amide bonds. The molecule has 5 heteroatoms. The highest BCUT2D eigenvalue weighted by molar-refractivity contribution is 5.70. The summed E-state index contributed by atoms with van der Waals surface area (Å²) in [6.07, 6.45) is 0.840. The van der Waals surface area contributed by atoms with Crippen LogP contribution < -0.4 is 0 Å². The number of carbonyl (C=O) groups excluding carboxylic acids is 1. The molecule has 160 valence electrons. The van der Waals surface area contributed by atoms with Crippen LogP contribution in [0.2, 0.25) is 0 Å². The molecule has 5 nitrogen and oxygen atoms in total. The van der Waals surface area contributed by atoms with Gasteiger partial charge in [-0.05, 0) is 46.8 Å². The summed E-state index contributed by atoms with van der Waals surface area (Å²) in [6, 6.07) is 8.36. The lowest BCUT2D eigenvalue weighted by molar-refractivity contribution is -0.143. The fourth-order valence-electron chi connectivity index (χ4n) is 3.35. The summed E-state index contributed by atoms with van der Waals surface area (Å²) < 4.78 is 6.69. The first-order valence-corrected chi connectivity index (χ1v) is 10.3. The van der Waals surface area contributed by atoms with Gasteiger partial charge in [0, 0.05) is 13.1 Å². The highest BCUT2D eigenvalue weighted by Crippen LogP contribution is 2.35. The number of hydrogen-bond donors (Lipinski definition) is 1. The summed E-state index contributed by atoms with van der Waals surface area (Å²) in [5, 5.41) is 14.3. The Labute approximate surface area is 175 Å².